The van der Waals surface area contributed by atoms with E-state index in [0.717, 1.165) is 11.3 Å². The van der Waals surface area contributed by atoms with E-state index in [1.54, 1.807) is 17.4 Å². The molecule has 0 unspecified atom stereocenters. The van der Waals surface area contributed by atoms with Crippen LogP contribution in [0.2, 0.25) is 0 Å². The third-order valence-corrected chi connectivity index (χ3v) is 4.01. The predicted molar refractivity (Wildman–Crippen MR) is 77.8 cm³/mol. The second-order valence-electron chi connectivity index (χ2n) is 4.25. The Morgan fingerprint density at radius 3 is 2.85 bits per heavy atom. The minimum atomic E-state index is -0.580. The average molecular weight is 293 g/mol. The van der Waals surface area contributed by atoms with Crippen LogP contribution >= 0.6 is 11.3 Å². The van der Waals surface area contributed by atoms with Gasteiger partial charge < -0.3 is 10.1 Å². The van der Waals surface area contributed by atoms with E-state index in [9.17, 15) is 9.18 Å². The second kappa shape index (κ2) is 6.52. The molecule has 0 aliphatic carbocycles. The number of benzene rings is 1. The summed E-state index contributed by atoms with van der Waals surface area (Å²) in [5, 5.41) is 4.74. The molecule has 0 spiro atoms. The van der Waals surface area contributed by atoms with Crippen molar-refractivity contribution in [3.05, 3.63) is 51.5 Å². The number of amides is 1. The summed E-state index contributed by atoms with van der Waals surface area (Å²) in [6, 6.07) is 6.25. The quantitative estimate of drug-likeness (QED) is 0.917. The van der Waals surface area contributed by atoms with E-state index in [0.29, 0.717) is 12.3 Å². The summed E-state index contributed by atoms with van der Waals surface area (Å²) in [6.45, 7) is 2.49. The number of halogens is 1. The predicted octanol–water partition coefficient (Wildman–Crippen LogP) is 3.39. The van der Waals surface area contributed by atoms with Gasteiger partial charge in [0, 0.05) is 10.9 Å². The monoisotopic (exact) mass is 293 g/mol. The van der Waals surface area contributed by atoms with Gasteiger partial charge in [-0.05, 0) is 35.6 Å². The van der Waals surface area contributed by atoms with Crippen LogP contribution in [0.1, 0.15) is 27.7 Å². The average Bonchev–Trinajstić information content (AvgIpc) is 2.92. The molecule has 1 amide bonds. The van der Waals surface area contributed by atoms with Gasteiger partial charge in [-0.1, -0.05) is 6.92 Å². The van der Waals surface area contributed by atoms with Gasteiger partial charge in [-0.15, -0.1) is 11.3 Å². The fourth-order valence-corrected chi connectivity index (χ4v) is 2.82. The first-order chi connectivity index (χ1) is 9.65. The van der Waals surface area contributed by atoms with Crippen LogP contribution in [-0.2, 0) is 13.0 Å². The number of carbonyl (C=O) groups excluding carboxylic acids is 1. The molecule has 0 bridgehead atoms. The van der Waals surface area contributed by atoms with Crippen LogP contribution < -0.4 is 10.1 Å². The maximum absolute atomic E-state index is 13.8. The van der Waals surface area contributed by atoms with E-state index < -0.39 is 11.7 Å². The summed E-state index contributed by atoms with van der Waals surface area (Å²) in [4.78, 5) is 13.1. The number of carbonyl (C=O) groups is 1. The van der Waals surface area contributed by atoms with Crippen LogP contribution in [-0.4, -0.2) is 13.0 Å². The maximum Gasteiger partial charge on any atom is 0.254 e. The topological polar surface area (TPSA) is 38.3 Å². The lowest BCUT2D eigenvalue weighted by molar-refractivity contribution is 0.0947. The van der Waals surface area contributed by atoms with Crippen LogP contribution in [0.3, 0.4) is 0 Å². The Morgan fingerprint density at radius 2 is 2.20 bits per heavy atom. The fourth-order valence-electron chi connectivity index (χ4n) is 1.90. The van der Waals surface area contributed by atoms with Crippen LogP contribution in [0.4, 0.5) is 4.39 Å². The van der Waals surface area contributed by atoms with Gasteiger partial charge in [0.2, 0.25) is 0 Å². The first kappa shape index (κ1) is 14.5. The Labute approximate surface area is 121 Å². The lowest BCUT2D eigenvalue weighted by Crippen LogP contribution is -2.23. The highest BCUT2D eigenvalue weighted by Crippen LogP contribution is 2.18. The number of thiophene rings is 1. The molecule has 1 aromatic carbocycles. The van der Waals surface area contributed by atoms with E-state index in [4.69, 9.17) is 4.74 Å². The van der Waals surface area contributed by atoms with Crippen LogP contribution in [0, 0.1) is 5.82 Å². The molecule has 0 atom stereocenters. The molecule has 1 N–H and O–H groups in total. The summed E-state index contributed by atoms with van der Waals surface area (Å²) in [7, 11) is 1.46. The molecule has 0 saturated carbocycles. The molecule has 0 radical (unpaired) electrons. The van der Waals surface area contributed by atoms with Gasteiger partial charge >= 0.3 is 0 Å². The summed E-state index contributed by atoms with van der Waals surface area (Å²) in [5.74, 6) is -0.602. The molecule has 20 heavy (non-hydrogen) atoms. The van der Waals surface area contributed by atoms with Crippen molar-refractivity contribution in [3.8, 4) is 5.75 Å². The summed E-state index contributed by atoms with van der Waals surface area (Å²) in [5.41, 5.74) is 1.24. The highest BCUT2D eigenvalue weighted by Gasteiger charge is 2.13. The van der Waals surface area contributed by atoms with Gasteiger partial charge in [0.05, 0.1) is 19.2 Å². The molecule has 3 nitrogen and oxygen atoms in total. The Hall–Kier alpha value is -1.88. The van der Waals surface area contributed by atoms with Crippen molar-refractivity contribution in [3.63, 3.8) is 0 Å². The van der Waals surface area contributed by atoms with Gasteiger partial charge in [0.25, 0.3) is 5.91 Å². The SMILES string of the molecule is CCc1ccsc1CNC(=O)c1ccc(OC)cc1F. The number of aryl methyl sites for hydroxylation is 1. The van der Waals surface area contributed by atoms with E-state index in [1.165, 1.54) is 24.8 Å². The van der Waals surface area contributed by atoms with E-state index in [2.05, 4.69) is 12.2 Å². The molecule has 2 rings (SSSR count). The van der Waals surface area contributed by atoms with Crippen LogP contribution in [0.25, 0.3) is 0 Å². The van der Waals surface area contributed by atoms with Gasteiger partial charge in [0.1, 0.15) is 11.6 Å². The molecule has 0 fully saturated rings. The Kier molecular flexibility index (Phi) is 4.74. The first-order valence-corrected chi connectivity index (χ1v) is 7.20. The summed E-state index contributed by atoms with van der Waals surface area (Å²) >= 11 is 1.59. The number of nitrogens with one attached hydrogen (secondary N) is 1. The number of hydrogen-bond acceptors (Lipinski definition) is 3. The normalized spacial score (nSPS) is 10.3. The molecule has 0 aliphatic heterocycles. The van der Waals surface area contributed by atoms with Crippen molar-refractivity contribution in [1.82, 2.24) is 5.32 Å². The van der Waals surface area contributed by atoms with E-state index >= 15 is 0 Å². The number of methoxy groups -OCH3 is 1. The molecule has 5 heteroatoms. The van der Waals surface area contributed by atoms with Crippen molar-refractivity contribution in [2.75, 3.05) is 7.11 Å². The van der Waals surface area contributed by atoms with Crippen molar-refractivity contribution in [2.24, 2.45) is 0 Å². The third kappa shape index (κ3) is 3.17. The lowest BCUT2D eigenvalue weighted by atomic mass is 10.1. The molecule has 1 aromatic heterocycles. The molecule has 2 aromatic rings. The molecular formula is C15H16FNO2S. The Balaban J connectivity index is 2.05. The number of rotatable bonds is 5. The zero-order valence-electron chi connectivity index (χ0n) is 11.4. The zero-order valence-corrected chi connectivity index (χ0v) is 12.2. The standard InChI is InChI=1S/C15H16FNO2S/c1-3-10-6-7-20-14(10)9-17-15(18)12-5-4-11(19-2)8-13(12)16/h4-8H,3,9H2,1-2H3,(H,17,18). The number of ether oxygens (including phenoxy) is 1. The minimum Gasteiger partial charge on any atom is -0.497 e. The lowest BCUT2D eigenvalue weighted by Gasteiger charge is -2.07. The van der Waals surface area contributed by atoms with Crippen molar-refractivity contribution >= 4 is 17.2 Å². The highest BCUT2D eigenvalue weighted by atomic mass is 32.1. The van der Waals surface area contributed by atoms with E-state index in [1.807, 2.05) is 11.4 Å². The van der Waals surface area contributed by atoms with E-state index in [-0.39, 0.29) is 5.56 Å². The van der Waals surface area contributed by atoms with Gasteiger partial charge in [-0.2, -0.15) is 0 Å². The van der Waals surface area contributed by atoms with Crippen molar-refractivity contribution < 1.29 is 13.9 Å². The van der Waals surface area contributed by atoms with Crippen molar-refractivity contribution in [2.45, 2.75) is 19.9 Å². The van der Waals surface area contributed by atoms with Gasteiger partial charge in [0.15, 0.2) is 0 Å². The third-order valence-electron chi connectivity index (χ3n) is 3.05. The molecule has 1 heterocycles. The van der Waals surface area contributed by atoms with Crippen LogP contribution in [0.5, 0.6) is 5.75 Å². The van der Waals surface area contributed by atoms with Crippen LogP contribution in [0.15, 0.2) is 29.6 Å². The number of hydrogen-bond donors (Lipinski definition) is 1. The highest BCUT2D eigenvalue weighted by molar-refractivity contribution is 7.10. The summed E-state index contributed by atoms with van der Waals surface area (Å²) in [6.07, 6.45) is 0.922. The molecule has 106 valence electrons. The Bertz CT molecular complexity index is 610. The summed E-state index contributed by atoms with van der Waals surface area (Å²) < 4.78 is 18.7. The molecule has 0 saturated heterocycles. The maximum atomic E-state index is 13.8. The molecule has 0 aliphatic rings. The van der Waals surface area contributed by atoms with Crippen molar-refractivity contribution in [1.29, 1.82) is 0 Å². The zero-order chi connectivity index (χ0) is 14.5. The Morgan fingerprint density at radius 1 is 1.40 bits per heavy atom. The largest absolute Gasteiger partial charge is 0.497 e. The second-order valence-corrected chi connectivity index (χ2v) is 5.25. The minimum absolute atomic E-state index is 0.0282. The molecular weight excluding hydrogens is 277 g/mol. The van der Waals surface area contributed by atoms with Gasteiger partial charge in [-0.25, -0.2) is 4.39 Å². The first-order valence-electron chi connectivity index (χ1n) is 6.32. The smallest absolute Gasteiger partial charge is 0.254 e. The fraction of sp³-hybridized carbons (Fsp3) is 0.267. The van der Waals surface area contributed by atoms with Gasteiger partial charge in [-0.3, -0.25) is 4.79 Å².